The molecule has 0 spiro atoms. The minimum Gasteiger partial charge on any atom is -0.312 e. The molecule has 0 unspecified atom stereocenters. The van der Waals surface area contributed by atoms with Crippen molar-refractivity contribution < 1.29 is 13.2 Å². The first-order valence-corrected chi connectivity index (χ1v) is 6.38. The molecule has 0 radical (unpaired) electrons. The number of hydrogen-bond donors (Lipinski definition) is 1. The first-order valence-electron chi connectivity index (χ1n) is 5.57. The molecule has 1 atom stereocenters. The Morgan fingerprint density at radius 2 is 2.17 bits per heavy atom. The molecular formula is C11H16ClF3N2S. The van der Waals surface area contributed by atoms with E-state index >= 15 is 0 Å². The van der Waals surface area contributed by atoms with Gasteiger partial charge in [-0.2, -0.15) is 13.2 Å². The van der Waals surface area contributed by atoms with E-state index in [0.29, 0.717) is 12.6 Å². The summed E-state index contributed by atoms with van der Waals surface area (Å²) in [5.41, 5.74) is 0. The highest BCUT2D eigenvalue weighted by Gasteiger charge is 2.32. The summed E-state index contributed by atoms with van der Waals surface area (Å²) in [6.07, 6.45) is -4.21. The molecule has 1 aliphatic rings. The van der Waals surface area contributed by atoms with Crippen LogP contribution in [0.4, 0.5) is 13.2 Å². The Labute approximate surface area is 115 Å². The number of nitrogens with zero attached hydrogens (tertiary/aromatic N) is 1. The van der Waals surface area contributed by atoms with Crippen LogP contribution in [0, 0.1) is 0 Å². The molecule has 0 bridgehead atoms. The van der Waals surface area contributed by atoms with E-state index in [1.807, 2.05) is 0 Å². The summed E-state index contributed by atoms with van der Waals surface area (Å²) in [5, 5.41) is 3.31. The van der Waals surface area contributed by atoms with Crippen LogP contribution in [0.25, 0.3) is 0 Å². The third-order valence-corrected chi connectivity index (χ3v) is 3.89. The maximum absolute atomic E-state index is 12.4. The van der Waals surface area contributed by atoms with Crippen LogP contribution < -0.4 is 5.32 Å². The van der Waals surface area contributed by atoms with Gasteiger partial charge in [0.1, 0.15) is 4.88 Å². The van der Waals surface area contributed by atoms with Crippen molar-refractivity contribution >= 4 is 23.7 Å². The van der Waals surface area contributed by atoms with Gasteiger partial charge in [0.15, 0.2) is 0 Å². The van der Waals surface area contributed by atoms with Gasteiger partial charge < -0.3 is 5.32 Å². The van der Waals surface area contributed by atoms with E-state index in [0.717, 1.165) is 35.8 Å². The molecule has 0 amide bonds. The fraction of sp³-hybridized carbons (Fsp3) is 0.636. The zero-order chi connectivity index (χ0) is 12.5. The highest BCUT2D eigenvalue weighted by molar-refractivity contribution is 7.12. The van der Waals surface area contributed by atoms with Crippen molar-refractivity contribution in [2.24, 2.45) is 0 Å². The van der Waals surface area contributed by atoms with Crippen LogP contribution in [0.1, 0.15) is 16.7 Å². The van der Waals surface area contributed by atoms with Crippen LogP contribution in [-0.2, 0) is 12.7 Å². The van der Waals surface area contributed by atoms with Gasteiger partial charge in [-0.25, -0.2) is 0 Å². The average Bonchev–Trinajstić information content (AvgIpc) is 2.65. The van der Waals surface area contributed by atoms with Crippen molar-refractivity contribution in [3.05, 3.63) is 21.9 Å². The van der Waals surface area contributed by atoms with Crippen LogP contribution in [0.3, 0.4) is 0 Å². The highest BCUT2D eigenvalue weighted by Crippen LogP contribution is 2.34. The predicted molar refractivity (Wildman–Crippen MR) is 69.3 cm³/mol. The van der Waals surface area contributed by atoms with Gasteiger partial charge in [0.05, 0.1) is 0 Å². The Morgan fingerprint density at radius 1 is 1.44 bits per heavy atom. The number of rotatable bonds is 2. The van der Waals surface area contributed by atoms with Gasteiger partial charge >= 0.3 is 6.18 Å². The van der Waals surface area contributed by atoms with Gasteiger partial charge in [0.25, 0.3) is 0 Å². The summed E-state index contributed by atoms with van der Waals surface area (Å²) in [6, 6.07) is 3.16. The molecule has 0 aromatic carbocycles. The van der Waals surface area contributed by atoms with E-state index in [9.17, 15) is 13.2 Å². The van der Waals surface area contributed by atoms with Crippen LogP contribution in [-0.4, -0.2) is 30.6 Å². The van der Waals surface area contributed by atoms with Crippen LogP contribution >= 0.6 is 23.7 Å². The molecule has 18 heavy (non-hydrogen) atoms. The Morgan fingerprint density at radius 3 is 2.72 bits per heavy atom. The van der Waals surface area contributed by atoms with Gasteiger partial charge in [-0.3, -0.25) is 4.90 Å². The summed E-state index contributed by atoms with van der Waals surface area (Å²) < 4.78 is 37.3. The topological polar surface area (TPSA) is 15.3 Å². The molecule has 2 nitrogen and oxygen atoms in total. The maximum Gasteiger partial charge on any atom is 0.425 e. The zero-order valence-electron chi connectivity index (χ0n) is 9.96. The van der Waals surface area contributed by atoms with E-state index in [1.54, 1.807) is 6.07 Å². The van der Waals surface area contributed by atoms with E-state index in [4.69, 9.17) is 0 Å². The van der Waals surface area contributed by atoms with Gasteiger partial charge in [-0.05, 0) is 19.1 Å². The number of halogens is 4. The lowest BCUT2D eigenvalue weighted by Gasteiger charge is -2.31. The molecule has 1 saturated heterocycles. The maximum atomic E-state index is 12.4. The molecule has 0 aliphatic carbocycles. The fourth-order valence-corrected chi connectivity index (χ4v) is 2.91. The van der Waals surface area contributed by atoms with Crippen LogP contribution in [0.5, 0.6) is 0 Å². The highest BCUT2D eigenvalue weighted by atomic mass is 35.5. The lowest BCUT2D eigenvalue weighted by atomic mass is 10.2. The smallest absolute Gasteiger partial charge is 0.312 e. The molecular weight excluding hydrogens is 285 g/mol. The van der Waals surface area contributed by atoms with Crippen molar-refractivity contribution in [3.8, 4) is 0 Å². The Bertz CT molecular complexity index is 381. The van der Waals surface area contributed by atoms with E-state index in [2.05, 4.69) is 17.1 Å². The van der Waals surface area contributed by atoms with E-state index < -0.39 is 11.1 Å². The van der Waals surface area contributed by atoms with E-state index in [-0.39, 0.29) is 12.4 Å². The number of piperazine rings is 1. The summed E-state index contributed by atoms with van der Waals surface area (Å²) in [4.78, 5) is 2.47. The first kappa shape index (κ1) is 15.8. The molecule has 1 aromatic heterocycles. The molecule has 1 N–H and O–H groups in total. The minimum absolute atomic E-state index is 0. The molecule has 7 heteroatoms. The molecule has 104 valence electrons. The quantitative estimate of drug-likeness (QED) is 0.903. The van der Waals surface area contributed by atoms with Crippen molar-refractivity contribution in [1.82, 2.24) is 10.2 Å². The Kier molecular flexibility index (Phi) is 5.46. The second-order valence-corrected chi connectivity index (χ2v) is 5.52. The summed E-state index contributed by atoms with van der Waals surface area (Å²) >= 11 is 0.848. The minimum atomic E-state index is -4.21. The van der Waals surface area contributed by atoms with Crippen molar-refractivity contribution in [3.63, 3.8) is 0 Å². The SMILES string of the molecule is C[C@@H]1CN(Cc2ccc(C(F)(F)F)s2)CCN1.Cl. The average molecular weight is 301 g/mol. The monoisotopic (exact) mass is 300 g/mol. The molecule has 1 aliphatic heterocycles. The molecule has 0 saturated carbocycles. The normalized spacial score (nSPS) is 21.7. The van der Waals surface area contributed by atoms with E-state index in [1.165, 1.54) is 6.07 Å². The second kappa shape index (κ2) is 6.23. The van der Waals surface area contributed by atoms with Crippen LogP contribution in [0.15, 0.2) is 12.1 Å². The standard InChI is InChI=1S/C11H15F3N2S.ClH/c1-8-6-16(5-4-15-8)7-9-2-3-10(17-9)11(12,13)14;/h2-3,8,15H,4-7H2,1H3;1H/t8-;/m1./s1. The third-order valence-electron chi connectivity index (χ3n) is 2.77. The number of alkyl halides is 3. The molecule has 1 aromatic rings. The fourth-order valence-electron chi connectivity index (χ4n) is 1.99. The van der Waals surface area contributed by atoms with Crippen molar-refractivity contribution in [1.29, 1.82) is 0 Å². The number of hydrogen-bond acceptors (Lipinski definition) is 3. The summed E-state index contributed by atoms with van der Waals surface area (Å²) in [5.74, 6) is 0. The van der Waals surface area contributed by atoms with Gasteiger partial charge in [-0.15, -0.1) is 23.7 Å². The van der Waals surface area contributed by atoms with Crippen molar-refractivity contribution in [2.75, 3.05) is 19.6 Å². The number of nitrogens with one attached hydrogen (secondary N) is 1. The second-order valence-electron chi connectivity index (χ2n) is 4.35. The predicted octanol–water partition coefficient (Wildman–Crippen LogP) is 2.98. The lowest BCUT2D eigenvalue weighted by molar-refractivity contribution is -0.134. The summed E-state index contributed by atoms with van der Waals surface area (Å²) in [7, 11) is 0. The molecule has 1 fully saturated rings. The summed E-state index contributed by atoms with van der Waals surface area (Å²) in [6.45, 7) is 5.38. The lowest BCUT2D eigenvalue weighted by Crippen LogP contribution is -2.48. The van der Waals surface area contributed by atoms with Gasteiger partial charge in [-0.1, -0.05) is 0 Å². The molecule has 2 heterocycles. The third kappa shape index (κ3) is 4.12. The van der Waals surface area contributed by atoms with Gasteiger partial charge in [0.2, 0.25) is 0 Å². The first-order chi connectivity index (χ1) is 7.95. The largest absolute Gasteiger partial charge is 0.425 e. The number of thiophene rings is 1. The molecule has 2 rings (SSSR count). The Balaban J connectivity index is 0.00000162. The zero-order valence-corrected chi connectivity index (χ0v) is 11.6. The van der Waals surface area contributed by atoms with Crippen molar-refractivity contribution in [2.45, 2.75) is 25.7 Å². The Hall–Kier alpha value is -0.300. The van der Waals surface area contributed by atoms with Gasteiger partial charge in [0, 0.05) is 37.1 Å². The van der Waals surface area contributed by atoms with Crippen LogP contribution in [0.2, 0.25) is 0 Å².